The molecule has 6 nitrogen and oxygen atoms in total. The van der Waals surface area contributed by atoms with Crippen LogP contribution in [0.1, 0.15) is 12.8 Å². The summed E-state index contributed by atoms with van der Waals surface area (Å²) in [5, 5.41) is 0. The number of hydrogen-bond acceptors (Lipinski definition) is 4. The molecule has 4 rings (SSSR count). The van der Waals surface area contributed by atoms with Crippen molar-refractivity contribution in [3.8, 4) is 17.2 Å². The second kappa shape index (κ2) is 4.51. The first-order valence-electron chi connectivity index (χ1n) is 6.94. The van der Waals surface area contributed by atoms with Crippen LogP contribution in [-0.4, -0.2) is 15.9 Å². The highest BCUT2D eigenvalue weighted by Gasteiger charge is 2.23. The van der Waals surface area contributed by atoms with E-state index in [4.69, 9.17) is 9.47 Å². The first kappa shape index (κ1) is 12.3. The maximum absolute atomic E-state index is 12.2. The molecule has 1 aliphatic heterocycles. The monoisotopic (exact) mass is 286 g/mol. The van der Waals surface area contributed by atoms with Gasteiger partial charge in [0.2, 0.25) is 6.79 Å². The number of fused-ring (bicyclic) bond motifs is 1. The Balaban J connectivity index is 1.76. The molecule has 0 amide bonds. The smallest absolute Gasteiger partial charge is 0.320 e. The van der Waals surface area contributed by atoms with E-state index in [0.717, 1.165) is 12.8 Å². The SMILES string of the molecule is O=c1c(=O)n(-c2ccc3c(c2)OCO3)ccn1CC1CC1. The topological polar surface area (TPSA) is 62.5 Å². The van der Waals surface area contributed by atoms with Gasteiger partial charge in [-0.1, -0.05) is 0 Å². The zero-order valence-corrected chi connectivity index (χ0v) is 11.3. The minimum atomic E-state index is -0.544. The average molecular weight is 286 g/mol. The summed E-state index contributed by atoms with van der Waals surface area (Å²) < 4.78 is 13.4. The van der Waals surface area contributed by atoms with Crippen molar-refractivity contribution in [2.24, 2.45) is 5.92 Å². The maximum atomic E-state index is 12.2. The summed E-state index contributed by atoms with van der Waals surface area (Å²) in [4.78, 5) is 24.4. The third kappa shape index (κ3) is 2.12. The predicted octanol–water partition coefficient (Wildman–Crippen LogP) is 1.14. The van der Waals surface area contributed by atoms with Crippen LogP contribution in [-0.2, 0) is 6.54 Å². The highest BCUT2D eigenvalue weighted by atomic mass is 16.7. The van der Waals surface area contributed by atoms with Crippen LogP contribution in [0.4, 0.5) is 0 Å². The van der Waals surface area contributed by atoms with Crippen LogP contribution >= 0.6 is 0 Å². The molecule has 1 aliphatic carbocycles. The van der Waals surface area contributed by atoms with Gasteiger partial charge in [0, 0.05) is 25.0 Å². The summed E-state index contributed by atoms with van der Waals surface area (Å²) in [6.45, 7) is 0.812. The Bertz CT molecular complexity index is 817. The van der Waals surface area contributed by atoms with E-state index in [1.807, 2.05) is 0 Å². The Morgan fingerprint density at radius 3 is 2.67 bits per heavy atom. The van der Waals surface area contributed by atoms with Crippen LogP contribution in [0.15, 0.2) is 40.2 Å². The quantitative estimate of drug-likeness (QED) is 0.794. The standard InChI is InChI=1S/C15H14N2O4/c18-14-15(19)17(6-5-16(14)8-10-1-2-10)11-3-4-12-13(7-11)21-9-20-12/h3-7,10H,1-2,8-9H2. The van der Waals surface area contributed by atoms with Gasteiger partial charge >= 0.3 is 11.1 Å². The molecular formula is C15H14N2O4. The molecular weight excluding hydrogens is 272 g/mol. The van der Waals surface area contributed by atoms with E-state index in [1.165, 1.54) is 9.13 Å². The Morgan fingerprint density at radius 1 is 1.05 bits per heavy atom. The van der Waals surface area contributed by atoms with E-state index >= 15 is 0 Å². The summed E-state index contributed by atoms with van der Waals surface area (Å²) >= 11 is 0. The number of aromatic nitrogens is 2. The van der Waals surface area contributed by atoms with E-state index < -0.39 is 11.1 Å². The van der Waals surface area contributed by atoms with Crippen molar-refractivity contribution in [2.75, 3.05) is 6.79 Å². The molecule has 1 aromatic heterocycles. The molecule has 0 atom stereocenters. The lowest BCUT2D eigenvalue weighted by atomic mass is 10.2. The number of ether oxygens (including phenoxy) is 2. The third-order valence-electron chi connectivity index (χ3n) is 3.84. The zero-order chi connectivity index (χ0) is 14.4. The van der Waals surface area contributed by atoms with Crippen molar-refractivity contribution in [3.63, 3.8) is 0 Å². The van der Waals surface area contributed by atoms with E-state index in [9.17, 15) is 9.59 Å². The minimum absolute atomic E-state index is 0.177. The second-order valence-corrected chi connectivity index (χ2v) is 5.41. The lowest BCUT2D eigenvalue weighted by Crippen LogP contribution is -2.40. The number of benzene rings is 1. The largest absolute Gasteiger partial charge is 0.454 e. The van der Waals surface area contributed by atoms with Crippen molar-refractivity contribution >= 4 is 0 Å². The Kier molecular flexibility index (Phi) is 2.63. The first-order chi connectivity index (χ1) is 10.2. The molecule has 2 aliphatic rings. The zero-order valence-electron chi connectivity index (χ0n) is 11.3. The Labute approximate surface area is 120 Å². The van der Waals surface area contributed by atoms with Crippen LogP contribution in [0.3, 0.4) is 0 Å². The Hall–Kier alpha value is -2.50. The number of nitrogens with zero attached hydrogens (tertiary/aromatic N) is 2. The molecule has 2 aromatic rings. The molecule has 0 saturated heterocycles. The van der Waals surface area contributed by atoms with E-state index in [2.05, 4.69) is 0 Å². The van der Waals surface area contributed by atoms with Crippen LogP contribution in [0.25, 0.3) is 5.69 Å². The summed E-state index contributed by atoms with van der Waals surface area (Å²) in [6, 6.07) is 5.17. The van der Waals surface area contributed by atoms with Gasteiger partial charge in [-0.3, -0.25) is 14.2 Å². The van der Waals surface area contributed by atoms with E-state index in [0.29, 0.717) is 29.6 Å². The van der Waals surface area contributed by atoms with Gasteiger partial charge < -0.3 is 14.0 Å². The van der Waals surface area contributed by atoms with Crippen LogP contribution in [0.2, 0.25) is 0 Å². The van der Waals surface area contributed by atoms with Crippen molar-refractivity contribution in [3.05, 3.63) is 51.3 Å². The Morgan fingerprint density at radius 2 is 1.86 bits per heavy atom. The van der Waals surface area contributed by atoms with E-state index in [-0.39, 0.29) is 6.79 Å². The molecule has 21 heavy (non-hydrogen) atoms. The molecule has 108 valence electrons. The van der Waals surface area contributed by atoms with Gasteiger partial charge in [0.05, 0.1) is 5.69 Å². The van der Waals surface area contributed by atoms with Gasteiger partial charge in [-0.2, -0.15) is 0 Å². The third-order valence-corrected chi connectivity index (χ3v) is 3.84. The molecule has 1 aromatic carbocycles. The molecule has 0 N–H and O–H groups in total. The summed E-state index contributed by atoms with van der Waals surface area (Å²) in [5.74, 6) is 1.78. The fraction of sp³-hybridized carbons (Fsp3) is 0.333. The predicted molar refractivity (Wildman–Crippen MR) is 75.1 cm³/mol. The van der Waals surface area contributed by atoms with Gasteiger partial charge in [-0.15, -0.1) is 0 Å². The van der Waals surface area contributed by atoms with Crippen LogP contribution in [0, 0.1) is 5.92 Å². The maximum Gasteiger partial charge on any atom is 0.320 e. The molecule has 1 fully saturated rings. The lowest BCUT2D eigenvalue weighted by Gasteiger charge is -2.09. The second-order valence-electron chi connectivity index (χ2n) is 5.41. The highest BCUT2D eigenvalue weighted by molar-refractivity contribution is 5.49. The van der Waals surface area contributed by atoms with Gasteiger partial charge in [-0.25, -0.2) is 0 Å². The van der Waals surface area contributed by atoms with Crippen molar-refractivity contribution in [1.29, 1.82) is 0 Å². The molecule has 0 unspecified atom stereocenters. The lowest BCUT2D eigenvalue weighted by molar-refractivity contribution is 0.174. The molecule has 2 heterocycles. The summed E-state index contributed by atoms with van der Waals surface area (Å²) in [5.41, 5.74) is -0.431. The fourth-order valence-corrected chi connectivity index (χ4v) is 2.47. The minimum Gasteiger partial charge on any atom is -0.454 e. The summed E-state index contributed by atoms with van der Waals surface area (Å²) in [6.07, 6.45) is 5.58. The van der Waals surface area contributed by atoms with Gasteiger partial charge in [0.15, 0.2) is 11.5 Å². The highest BCUT2D eigenvalue weighted by Crippen LogP contribution is 2.33. The van der Waals surface area contributed by atoms with Gasteiger partial charge in [-0.05, 0) is 30.9 Å². The van der Waals surface area contributed by atoms with Crippen LogP contribution in [0.5, 0.6) is 11.5 Å². The number of hydrogen-bond donors (Lipinski definition) is 0. The normalized spacial score (nSPS) is 16.2. The number of rotatable bonds is 3. The van der Waals surface area contributed by atoms with Crippen LogP contribution < -0.4 is 20.6 Å². The van der Waals surface area contributed by atoms with Crippen molar-refractivity contribution < 1.29 is 9.47 Å². The summed E-state index contributed by atoms with van der Waals surface area (Å²) in [7, 11) is 0. The van der Waals surface area contributed by atoms with Gasteiger partial charge in [0.25, 0.3) is 0 Å². The molecule has 0 radical (unpaired) electrons. The molecule has 0 bridgehead atoms. The van der Waals surface area contributed by atoms with Crippen molar-refractivity contribution in [2.45, 2.75) is 19.4 Å². The molecule has 1 saturated carbocycles. The fourth-order valence-electron chi connectivity index (χ4n) is 2.47. The van der Waals surface area contributed by atoms with Gasteiger partial charge in [0.1, 0.15) is 0 Å². The van der Waals surface area contributed by atoms with E-state index in [1.54, 1.807) is 30.6 Å². The van der Waals surface area contributed by atoms with Crippen molar-refractivity contribution in [1.82, 2.24) is 9.13 Å². The first-order valence-corrected chi connectivity index (χ1v) is 6.94. The molecule has 6 heteroatoms. The molecule has 0 spiro atoms. The average Bonchev–Trinajstić information content (AvgIpc) is 3.18.